The molecule has 5 nitrogen and oxygen atoms in total. The molecule has 0 aliphatic carbocycles. The lowest BCUT2D eigenvalue weighted by Gasteiger charge is -2.11. The fraction of sp³-hybridized carbons (Fsp3) is 0.385. The molecule has 0 fully saturated rings. The maximum atomic E-state index is 11.1. The van der Waals surface area contributed by atoms with E-state index in [-0.39, 0.29) is 17.8 Å². The Balaban J connectivity index is 3.12. The molecule has 0 amide bonds. The normalized spacial score (nSPS) is 11.9. The lowest BCUT2D eigenvalue weighted by molar-refractivity contribution is -0.146. The van der Waals surface area contributed by atoms with E-state index in [1.165, 1.54) is 19.1 Å². The Morgan fingerprint density at radius 3 is 2.50 bits per heavy atom. The highest BCUT2D eigenvalue weighted by Crippen LogP contribution is 2.23. The summed E-state index contributed by atoms with van der Waals surface area (Å²) in [4.78, 5) is 21.8. The lowest BCUT2D eigenvalue weighted by atomic mass is 10.0. The predicted molar refractivity (Wildman–Crippen MR) is 64.6 cm³/mol. The SMILES string of the molecule is CCOc1cc(CC(C)=O)cc(C(O)C(=O)O)c1. The summed E-state index contributed by atoms with van der Waals surface area (Å²) in [6.07, 6.45) is -1.43. The molecule has 0 heterocycles. The maximum Gasteiger partial charge on any atom is 0.337 e. The third-order valence-electron chi connectivity index (χ3n) is 2.30. The van der Waals surface area contributed by atoms with Gasteiger partial charge in [-0.05, 0) is 37.1 Å². The van der Waals surface area contributed by atoms with Crippen LogP contribution in [0.3, 0.4) is 0 Å². The minimum absolute atomic E-state index is 0.0422. The average molecular weight is 252 g/mol. The van der Waals surface area contributed by atoms with Crippen LogP contribution in [-0.4, -0.2) is 28.6 Å². The van der Waals surface area contributed by atoms with E-state index >= 15 is 0 Å². The monoisotopic (exact) mass is 252 g/mol. The number of carboxylic acids is 1. The first kappa shape index (κ1) is 14.2. The molecule has 1 atom stereocenters. The first-order valence-corrected chi connectivity index (χ1v) is 5.61. The fourth-order valence-corrected chi connectivity index (χ4v) is 1.63. The molecule has 0 spiro atoms. The van der Waals surface area contributed by atoms with Crippen LogP contribution >= 0.6 is 0 Å². The number of rotatable bonds is 6. The number of benzene rings is 1. The summed E-state index contributed by atoms with van der Waals surface area (Å²) in [5.74, 6) is -0.927. The molecule has 0 saturated heterocycles. The summed E-state index contributed by atoms with van der Waals surface area (Å²) in [5, 5.41) is 18.3. The minimum Gasteiger partial charge on any atom is -0.494 e. The van der Waals surface area contributed by atoms with Gasteiger partial charge in [-0.2, -0.15) is 0 Å². The van der Waals surface area contributed by atoms with Gasteiger partial charge in [0.15, 0.2) is 6.10 Å². The van der Waals surface area contributed by atoms with Gasteiger partial charge >= 0.3 is 5.97 Å². The molecule has 2 N–H and O–H groups in total. The van der Waals surface area contributed by atoms with Crippen molar-refractivity contribution < 1.29 is 24.5 Å². The van der Waals surface area contributed by atoms with Crippen LogP contribution in [0.25, 0.3) is 0 Å². The number of hydrogen-bond acceptors (Lipinski definition) is 4. The Hall–Kier alpha value is -1.88. The van der Waals surface area contributed by atoms with Crippen molar-refractivity contribution in [1.82, 2.24) is 0 Å². The van der Waals surface area contributed by atoms with Crippen LogP contribution in [0.1, 0.15) is 31.1 Å². The fourth-order valence-electron chi connectivity index (χ4n) is 1.63. The zero-order valence-electron chi connectivity index (χ0n) is 10.3. The Labute approximate surface area is 105 Å². The summed E-state index contributed by atoms with van der Waals surface area (Å²) in [5.41, 5.74) is 0.841. The van der Waals surface area contributed by atoms with E-state index < -0.39 is 12.1 Å². The molecule has 0 bridgehead atoms. The van der Waals surface area contributed by atoms with Gasteiger partial charge in [0.05, 0.1) is 6.61 Å². The van der Waals surface area contributed by atoms with Crippen molar-refractivity contribution in [2.45, 2.75) is 26.4 Å². The van der Waals surface area contributed by atoms with Crippen LogP contribution in [0.4, 0.5) is 0 Å². The maximum absolute atomic E-state index is 11.1. The average Bonchev–Trinajstić information content (AvgIpc) is 2.27. The molecule has 18 heavy (non-hydrogen) atoms. The van der Waals surface area contributed by atoms with Gasteiger partial charge in [0.1, 0.15) is 11.5 Å². The summed E-state index contributed by atoms with van der Waals surface area (Å²) in [6, 6.07) is 4.64. The van der Waals surface area contributed by atoms with Crippen LogP contribution in [0.5, 0.6) is 5.75 Å². The van der Waals surface area contributed by atoms with Gasteiger partial charge in [0, 0.05) is 6.42 Å². The second-order valence-corrected chi connectivity index (χ2v) is 3.96. The number of aliphatic hydroxyl groups excluding tert-OH is 1. The molecular formula is C13H16O5. The first-order chi connectivity index (χ1) is 8.43. The van der Waals surface area contributed by atoms with Crippen LogP contribution in [-0.2, 0) is 16.0 Å². The van der Waals surface area contributed by atoms with Crippen LogP contribution in [0, 0.1) is 0 Å². The number of carbonyl (C=O) groups is 2. The first-order valence-electron chi connectivity index (χ1n) is 5.61. The quantitative estimate of drug-likeness (QED) is 0.798. The smallest absolute Gasteiger partial charge is 0.337 e. The summed E-state index contributed by atoms with van der Waals surface area (Å²) in [7, 11) is 0. The number of aliphatic carboxylic acids is 1. The molecule has 1 unspecified atom stereocenters. The van der Waals surface area contributed by atoms with Crippen molar-refractivity contribution in [3.63, 3.8) is 0 Å². The summed E-state index contributed by atoms with van der Waals surface area (Å²) < 4.78 is 5.28. The Kier molecular flexibility index (Phi) is 4.85. The van der Waals surface area contributed by atoms with Gasteiger partial charge in [-0.1, -0.05) is 6.07 Å². The molecule has 1 aromatic rings. The van der Waals surface area contributed by atoms with Gasteiger partial charge in [-0.15, -0.1) is 0 Å². The number of Topliss-reactive ketones (excluding diaryl/α,β-unsaturated/α-hetero) is 1. The van der Waals surface area contributed by atoms with Crippen molar-refractivity contribution in [3.8, 4) is 5.75 Å². The largest absolute Gasteiger partial charge is 0.494 e. The molecule has 0 aliphatic rings. The van der Waals surface area contributed by atoms with E-state index in [9.17, 15) is 14.7 Å². The van der Waals surface area contributed by atoms with Crippen molar-refractivity contribution in [2.75, 3.05) is 6.61 Å². The zero-order valence-corrected chi connectivity index (χ0v) is 10.3. The van der Waals surface area contributed by atoms with Crippen LogP contribution in [0.2, 0.25) is 0 Å². The molecule has 1 rings (SSSR count). The topological polar surface area (TPSA) is 83.8 Å². The number of carbonyl (C=O) groups excluding carboxylic acids is 1. The van der Waals surface area contributed by atoms with E-state index in [2.05, 4.69) is 0 Å². The molecular weight excluding hydrogens is 236 g/mol. The van der Waals surface area contributed by atoms with E-state index in [1.54, 1.807) is 13.0 Å². The minimum atomic E-state index is -1.61. The molecule has 0 radical (unpaired) electrons. The number of aliphatic hydroxyl groups is 1. The number of ether oxygens (including phenoxy) is 1. The van der Waals surface area contributed by atoms with Crippen LogP contribution < -0.4 is 4.74 Å². The molecule has 98 valence electrons. The van der Waals surface area contributed by atoms with Gasteiger partial charge in [0.2, 0.25) is 0 Å². The summed E-state index contributed by atoms with van der Waals surface area (Å²) >= 11 is 0. The van der Waals surface area contributed by atoms with Gasteiger partial charge in [-0.3, -0.25) is 4.79 Å². The Morgan fingerprint density at radius 1 is 1.33 bits per heavy atom. The van der Waals surface area contributed by atoms with E-state index in [4.69, 9.17) is 9.84 Å². The van der Waals surface area contributed by atoms with Gasteiger partial charge < -0.3 is 14.9 Å². The highest BCUT2D eigenvalue weighted by molar-refractivity contribution is 5.79. The van der Waals surface area contributed by atoms with Gasteiger partial charge in [-0.25, -0.2) is 4.79 Å². The van der Waals surface area contributed by atoms with Crippen molar-refractivity contribution in [3.05, 3.63) is 29.3 Å². The Morgan fingerprint density at radius 2 is 2.00 bits per heavy atom. The van der Waals surface area contributed by atoms with Crippen molar-refractivity contribution in [2.24, 2.45) is 0 Å². The van der Waals surface area contributed by atoms with Gasteiger partial charge in [0.25, 0.3) is 0 Å². The zero-order chi connectivity index (χ0) is 13.7. The van der Waals surface area contributed by atoms with Crippen molar-refractivity contribution >= 4 is 11.8 Å². The van der Waals surface area contributed by atoms with E-state index in [0.717, 1.165) is 0 Å². The highest BCUT2D eigenvalue weighted by atomic mass is 16.5. The second kappa shape index (κ2) is 6.16. The lowest BCUT2D eigenvalue weighted by Crippen LogP contribution is -2.11. The standard InChI is InChI=1S/C13H16O5/c1-3-18-11-6-9(4-8(2)14)5-10(7-11)12(15)13(16)17/h5-7,12,15H,3-4H2,1-2H3,(H,16,17). The van der Waals surface area contributed by atoms with Crippen LogP contribution in [0.15, 0.2) is 18.2 Å². The molecule has 0 aromatic heterocycles. The Bertz CT molecular complexity index is 453. The number of carboxylic acid groups (broad SMARTS) is 1. The molecule has 1 aromatic carbocycles. The third-order valence-corrected chi connectivity index (χ3v) is 2.30. The van der Waals surface area contributed by atoms with Crippen molar-refractivity contribution in [1.29, 1.82) is 0 Å². The molecule has 5 heteroatoms. The molecule has 0 saturated carbocycles. The summed E-state index contributed by atoms with van der Waals surface area (Å²) in [6.45, 7) is 3.66. The van der Waals surface area contributed by atoms with E-state index in [1.807, 2.05) is 0 Å². The number of ketones is 1. The number of hydrogen-bond donors (Lipinski definition) is 2. The highest BCUT2D eigenvalue weighted by Gasteiger charge is 2.17. The third kappa shape index (κ3) is 3.85. The second-order valence-electron chi connectivity index (χ2n) is 3.96. The molecule has 0 aliphatic heterocycles. The predicted octanol–water partition coefficient (Wildman–Crippen LogP) is 1.33. The van der Waals surface area contributed by atoms with E-state index in [0.29, 0.717) is 17.9 Å².